The number of nitrogens with one attached hydrogen (secondary N) is 2. The van der Waals surface area contributed by atoms with Crippen LogP contribution in [0.15, 0.2) is 24.3 Å². The molecule has 0 fully saturated rings. The van der Waals surface area contributed by atoms with Crippen molar-refractivity contribution in [3.05, 3.63) is 34.9 Å². The van der Waals surface area contributed by atoms with Gasteiger partial charge < -0.3 is 15.7 Å². The maximum atomic E-state index is 12.4. The van der Waals surface area contributed by atoms with Crippen LogP contribution in [0.25, 0.3) is 0 Å². The number of benzene rings is 1. The molecule has 0 aliphatic carbocycles. The normalized spacial score (nSPS) is 14.6. The quantitative estimate of drug-likeness (QED) is 0.700. The molecule has 1 aromatic carbocycles. The summed E-state index contributed by atoms with van der Waals surface area (Å²) in [4.78, 5) is 35.7. The van der Waals surface area contributed by atoms with Crippen LogP contribution in [-0.2, 0) is 9.59 Å². The van der Waals surface area contributed by atoms with Crippen molar-refractivity contribution in [1.82, 2.24) is 10.6 Å². The molecule has 0 aliphatic heterocycles. The van der Waals surface area contributed by atoms with E-state index in [1.54, 1.807) is 45.0 Å². The zero-order valence-electron chi connectivity index (χ0n) is 14.2. The number of carbonyl (C=O) groups is 3. The van der Waals surface area contributed by atoms with Crippen LogP contribution in [-0.4, -0.2) is 35.0 Å². The van der Waals surface area contributed by atoms with Gasteiger partial charge in [-0.25, -0.2) is 0 Å². The van der Waals surface area contributed by atoms with Gasteiger partial charge in [-0.2, -0.15) is 0 Å². The molecular formula is C17H23ClN2O4. The van der Waals surface area contributed by atoms with Crippen LogP contribution in [0, 0.1) is 11.8 Å². The molecule has 0 radical (unpaired) electrons. The molecule has 2 amide bonds. The van der Waals surface area contributed by atoms with E-state index in [1.165, 1.54) is 6.92 Å². The third kappa shape index (κ3) is 5.53. The fourth-order valence-corrected chi connectivity index (χ4v) is 2.14. The molecule has 24 heavy (non-hydrogen) atoms. The SMILES string of the molecule is CC(C)C(NC(=O)c1ccc(Cl)cc1)C(=O)NC(C)C(C)C(=O)O. The van der Waals surface area contributed by atoms with E-state index in [2.05, 4.69) is 10.6 Å². The minimum absolute atomic E-state index is 0.159. The lowest BCUT2D eigenvalue weighted by molar-refractivity contribution is -0.142. The molecule has 0 bridgehead atoms. The minimum atomic E-state index is -0.992. The van der Waals surface area contributed by atoms with Gasteiger partial charge in [-0.1, -0.05) is 25.4 Å². The molecule has 0 saturated carbocycles. The van der Waals surface area contributed by atoms with E-state index in [1.807, 2.05) is 0 Å². The van der Waals surface area contributed by atoms with Gasteiger partial charge in [-0.15, -0.1) is 0 Å². The van der Waals surface area contributed by atoms with E-state index in [0.717, 1.165) is 0 Å². The number of carboxylic acids is 1. The Hall–Kier alpha value is -2.08. The van der Waals surface area contributed by atoms with E-state index >= 15 is 0 Å². The zero-order chi connectivity index (χ0) is 18.4. The van der Waals surface area contributed by atoms with E-state index in [4.69, 9.17) is 16.7 Å². The van der Waals surface area contributed by atoms with E-state index in [9.17, 15) is 14.4 Å². The van der Waals surface area contributed by atoms with Gasteiger partial charge in [0.15, 0.2) is 0 Å². The number of hydrogen-bond acceptors (Lipinski definition) is 3. The Morgan fingerprint density at radius 3 is 2.00 bits per heavy atom. The summed E-state index contributed by atoms with van der Waals surface area (Å²) in [5.74, 6) is -2.68. The number of carboxylic acid groups (broad SMARTS) is 1. The predicted molar refractivity (Wildman–Crippen MR) is 91.9 cm³/mol. The third-order valence-corrected chi connectivity index (χ3v) is 4.10. The monoisotopic (exact) mass is 354 g/mol. The summed E-state index contributed by atoms with van der Waals surface area (Å²) in [5.41, 5.74) is 0.393. The smallest absolute Gasteiger partial charge is 0.308 e. The second kappa shape index (κ2) is 8.68. The van der Waals surface area contributed by atoms with Crippen molar-refractivity contribution in [2.45, 2.75) is 39.8 Å². The summed E-state index contributed by atoms with van der Waals surface area (Å²) >= 11 is 5.79. The highest BCUT2D eigenvalue weighted by Gasteiger charge is 2.28. The maximum absolute atomic E-state index is 12.4. The minimum Gasteiger partial charge on any atom is -0.481 e. The van der Waals surface area contributed by atoms with Crippen molar-refractivity contribution in [2.75, 3.05) is 0 Å². The fraction of sp³-hybridized carbons (Fsp3) is 0.471. The van der Waals surface area contributed by atoms with Crippen molar-refractivity contribution < 1.29 is 19.5 Å². The molecule has 6 nitrogen and oxygen atoms in total. The highest BCUT2D eigenvalue weighted by atomic mass is 35.5. The molecule has 3 atom stereocenters. The average Bonchev–Trinajstić information content (AvgIpc) is 2.51. The number of amides is 2. The van der Waals surface area contributed by atoms with E-state index in [-0.39, 0.29) is 11.8 Å². The lowest BCUT2D eigenvalue weighted by Crippen LogP contribution is -2.53. The van der Waals surface area contributed by atoms with Crippen LogP contribution >= 0.6 is 11.6 Å². The Balaban J connectivity index is 2.79. The number of halogens is 1. The Bertz CT molecular complexity index is 601. The maximum Gasteiger partial charge on any atom is 0.308 e. The van der Waals surface area contributed by atoms with Gasteiger partial charge in [0.25, 0.3) is 5.91 Å². The fourth-order valence-electron chi connectivity index (χ4n) is 2.01. The molecule has 0 heterocycles. The van der Waals surface area contributed by atoms with Crippen molar-refractivity contribution in [1.29, 1.82) is 0 Å². The first-order chi connectivity index (χ1) is 11.1. The summed E-state index contributed by atoms with van der Waals surface area (Å²) in [5, 5.41) is 14.8. The topological polar surface area (TPSA) is 95.5 Å². The van der Waals surface area contributed by atoms with Crippen molar-refractivity contribution in [3.8, 4) is 0 Å². The molecule has 1 rings (SSSR count). The lowest BCUT2D eigenvalue weighted by Gasteiger charge is -2.25. The highest BCUT2D eigenvalue weighted by molar-refractivity contribution is 6.30. The van der Waals surface area contributed by atoms with Crippen molar-refractivity contribution in [3.63, 3.8) is 0 Å². The molecule has 0 aliphatic rings. The molecule has 0 spiro atoms. The molecular weight excluding hydrogens is 332 g/mol. The summed E-state index contributed by atoms with van der Waals surface area (Å²) in [6.45, 7) is 6.74. The summed E-state index contributed by atoms with van der Waals surface area (Å²) in [6.07, 6.45) is 0. The van der Waals surface area contributed by atoms with Gasteiger partial charge >= 0.3 is 5.97 Å². The van der Waals surface area contributed by atoms with Crippen LogP contribution in [0.2, 0.25) is 5.02 Å². The van der Waals surface area contributed by atoms with Crippen LogP contribution < -0.4 is 10.6 Å². The molecule has 132 valence electrons. The number of aliphatic carboxylic acids is 1. The van der Waals surface area contributed by atoms with Crippen molar-refractivity contribution in [2.24, 2.45) is 11.8 Å². The molecule has 0 aromatic heterocycles. The largest absolute Gasteiger partial charge is 0.481 e. The molecule has 3 N–H and O–H groups in total. The van der Waals surface area contributed by atoms with Gasteiger partial charge in [0, 0.05) is 16.6 Å². The zero-order valence-corrected chi connectivity index (χ0v) is 14.9. The number of carbonyl (C=O) groups excluding carboxylic acids is 2. The first-order valence-electron chi connectivity index (χ1n) is 7.73. The second-order valence-electron chi connectivity index (χ2n) is 6.13. The predicted octanol–water partition coefficient (Wildman–Crippen LogP) is 2.32. The summed E-state index contributed by atoms with van der Waals surface area (Å²) < 4.78 is 0. The molecule has 7 heteroatoms. The number of rotatable bonds is 7. The highest BCUT2D eigenvalue weighted by Crippen LogP contribution is 2.11. The Labute approximate surface area is 146 Å². The standard InChI is InChI=1S/C17H23ClN2O4/c1-9(2)14(16(22)19-11(4)10(3)17(23)24)20-15(21)12-5-7-13(18)8-6-12/h5-11,14H,1-4H3,(H,19,22)(H,20,21)(H,23,24). The molecule has 1 aromatic rings. The third-order valence-electron chi connectivity index (χ3n) is 3.85. The Kier molecular flexibility index (Phi) is 7.22. The van der Waals surface area contributed by atoms with E-state index in [0.29, 0.717) is 10.6 Å². The van der Waals surface area contributed by atoms with Gasteiger partial charge in [0.2, 0.25) is 5.91 Å². The first kappa shape index (κ1) is 20.0. The second-order valence-corrected chi connectivity index (χ2v) is 6.56. The molecule has 3 unspecified atom stereocenters. The molecule has 0 saturated heterocycles. The van der Waals surface area contributed by atoms with E-state index < -0.39 is 29.9 Å². The van der Waals surface area contributed by atoms with Gasteiger partial charge in [-0.05, 0) is 44.0 Å². The van der Waals surface area contributed by atoms with Crippen LogP contribution in [0.5, 0.6) is 0 Å². The van der Waals surface area contributed by atoms with Crippen LogP contribution in [0.3, 0.4) is 0 Å². The van der Waals surface area contributed by atoms with Crippen LogP contribution in [0.4, 0.5) is 0 Å². The Morgan fingerprint density at radius 2 is 1.54 bits per heavy atom. The lowest BCUT2D eigenvalue weighted by atomic mass is 10.00. The number of hydrogen-bond donors (Lipinski definition) is 3. The summed E-state index contributed by atoms with van der Waals surface area (Å²) in [7, 11) is 0. The van der Waals surface area contributed by atoms with Crippen LogP contribution in [0.1, 0.15) is 38.1 Å². The van der Waals surface area contributed by atoms with Gasteiger partial charge in [0.1, 0.15) is 6.04 Å². The van der Waals surface area contributed by atoms with Crippen molar-refractivity contribution >= 4 is 29.4 Å². The Morgan fingerprint density at radius 1 is 1.00 bits per heavy atom. The van der Waals surface area contributed by atoms with Gasteiger partial charge in [0.05, 0.1) is 5.92 Å². The average molecular weight is 355 g/mol. The summed E-state index contributed by atoms with van der Waals surface area (Å²) in [6, 6.07) is 5.01. The van der Waals surface area contributed by atoms with Gasteiger partial charge in [-0.3, -0.25) is 14.4 Å². The first-order valence-corrected chi connectivity index (χ1v) is 8.11.